The molecule has 0 saturated heterocycles. The third kappa shape index (κ3) is 6.07. The van der Waals surface area contributed by atoms with E-state index in [-0.39, 0.29) is 6.04 Å². The van der Waals surface area contributed by atoms with Crippen molar-refractivity contribution >= 4 is 5.96 Å². The molecule has 2 aromatic carbocycles. The maximum absolute atomic E-state index is 5.44. The highest BCUT2D eigenvalue weighted by molar-refractivity contribution is 5.80. The highest BCUT2D eigenvalue weighted by Gasteiger charge is 2.10. The Kier molecular flexibility index (Phi) is 7.65. The second-order valence-corrected chi connectivity index (χ2v) is 7.64. The number of methoxy groups -OCH3 is 1. The Labute approximate surface area is 184 Å². The van der Waals surface area contributed by atoms with E-state index >= 15 is 0 Å². The van der Waals surface area contributed by atoms with Gasteiger partial charge in [-0.3, -0.25) is 0 Å². The quantitative estimate of drug-likeness (QED) is 0.431. The van der Waals surface area contributed by atoms with E-state index in [0.717, 1.165) is 41.9 Å². The minimum absolute atomic E-state index is 0.119. The second-order valence-electron chi connectivity index (χ2n) is 7.64. The number of nitrogens with zero attached hydrogens (tertiary/aromatic N) is 4. The molecule has 1 aromatic heterocycles. The number of ether oxygens (including phenoxy) is 1. The lowest BCUT2D eigenvalue weighted by Crippen LogP contribution is -2.39. The Bertz CT molecular complexity index is 1010. The van der Waals surface area contributed by atoms with Gasteiger partial charge in [0.05, 0.1) is 13.2 Å². The average molecular weight is 421 g/mol. The molecule has 0 fully saturated rings. The Hall–Kier alpha value is -3.35. The van der Waals surface area contributed by atoms with Crippen LogP contribution in [0.4, 0.5) is 0 Å². The summed E-state index contributed by atoms with van der Waals surface area (Å²) < 4.78 is 7.40. The van der Waals surface area contributed by atoms with Crippen LogP contribution in [-0.2, 0) is 20.0 Å². The molecular weight excluding hydrogens is 388 g/mol. The first-order valence-corrected chi connectivity index (χ1v) is 10.6. The lowest BCUT2D eigenvalue weighted by atomic mass is 10.1. The SMILES string of the molecule is COc1cc(CCNC(=NCc2nnc(C)n2C)NC(C)c2ccccc2)ccc1C. The van der Waals surface area contributed by atoms with E-state index in [4.69, 9.17) is 9.73 Å². The molecule has 0 saturated carbocycles. The lowest BCUT2D eigenvalue weighted by Gasteiger charge is -2.19. The molecule has 3 rings (SSSR count). The molecular formula is C24H32N6O. The molecule has 1 unspecified atom stereocenters. The van der Waals surface area contributed by atoms with Crippen LogP contribution >= 0.6 is 0 Å². The summed E-state index contributed by atoms with van der Waals surface area (Å²) in [5, 5.41) is 15.3. The maximum atomic E-state index is 5.44. The van der Waals surface area contributed by atoms with Crippen LogP contribution in [0.3, 0.4) is 0 Å². The minimum atomic E-state index is 0.119. The standard InChI is InChI=1S/C24H32N6O/c1-17-11-12-20(15-22(17)31-5)13-14-25-24(26-16-23-29-28-19(3)30(23)4)27-18(2)21-9-7-6-8-10-21/h6-12,15,18H,13-14,16H2,1-5H3,(H2,25,26,27). The van der Waals surface area contributed by atoms with Crippen LogP contribution in [-0.4, -0.2) is 34.4 Å². The molecule has 0 bridgehead atoms. The fourth-order valence-corrected chi connectivity index (χ4v) is 3.27. The van der Waals surface area contributed by atoms with Gasteiger partial charge in [-0.15, -0.1) is 10.2 Å². The van der Waals surface area contributed by atoms with Gasteiger partial charge in [-0.25, -0.2) is 4.99 Å². The van der Waals surface area contributed by atoms with Crippen molar-refractivity contribution < 1.29 is 4.74 Å². The van der Waals surface area contributed by atoms with Crippen molar-refractivity contribution in [1.82, 2.24) is 25.4 Å². The van der Waals surface area contributed by atoms with Gasteiger partial charge in [-0.05, 0) is 49.9 Å². The summed E-state index contributed by atoms with van der Waals surface area (Å²) in [7, 11) is 3.66. The molecule has 0 aliphatic rings. The normalized spacial score (nSPS) is 12.5. The first-order valence-electron chi connectivity index (χ1n) is 10.6. The summed E-state index contributed by atoms with van der Waals surface area (Å²) in [6.07, 6.45) is 0.861. The highest BCUT2D eigenvalue weighted by atomic mass is 16.5. The Morgan fingerprint density at radius 3 is 2.58 bits per heavy atom. The smallest absolute Gasteiger partial charge is 0.192 e. The van der Waals surface area contributed by atoms with Crippen molar-refractivity contribution in [3.05, 3.63) is 76.9 Å². The average Bonchev–Trinajstić information content (AvgIpc) is 3.11. The summed E-state index contributed by atoms with van der Waals surface area (Å²) >= 11 is 0. The number of rotatable bonds is 8. The molecule has 7 nitrogen and oxygen atoms in total. The molecule has 1 heterocycles. The topological polar surface area (TPSA) is 76.4 Å². The van der Waals surface area contributed by atoms with Crippen molar-refractivity contribution in [2.45, 2.75) is 39.8 Å². The third-order valence-electron chi connectivity index (χ3n) is 5.39. The number of aryl methyl sites for hydroxylation is 2. The van der Waals surface area contributed by atoms with Gasteiger partial charge in [-0.1, -0.05) is 42.5 Å². The van der Waals surface area contributed by atoms with E-state index < -0.39 is 0 Å². The Morgan fingerprint density at radius 2 is 1.90 bits per heavy atom. The van der Waals surface area contributed by atoms with Gasteiger partial charge in [-0.2, -0.15) is 0 Å². The second kappa shape index (κ2) is 10.6. The van der Waals surface area contributed by atoms with E-state index in [1.807, 2.05) is 36.7 Å². The molecule has 31 heavy (non-hydrogen) atoms. The molecule has 164 valence electrons. The minimum Gasteiger partial charge on any atom is -0.496 e. The van der Waals surface area contributed by atoms with Crippen LogP contribution in [0.1, 0.15) is 41.3 Å². The lowest BCUT2D eigenvalue weighted by molar-refractivity contribution is 0.411. The molecule has 7 heteroatoms. The van der Waals surface area contributed by atoms with Crippen LogP contribution in [0.5, 0.6) is 5.75 Å². The van der Waals surface area contributed by atoms with Gasteiger partial charge in [0, 0.05) is 13.6 Å². The summed E-state index contributed by atoms with van der Waals surface area (Å²) in [5.41, 5.74) is 3.56. The molecule has 1 atom stereocenters. The van der Waals surface area contributed by atoms with Crippen LogP contribution in [0.15, 0.2) is 53.5 Å². The fourth-order valence-electron chi connectivity index (χ4n) is 3.27. The molecule has 0 spiro atoms. The number of benzene rings is 2. The molecule has 3 aromatic rings. The van der Waals surface area contributed by atoms with E-state index in [1.54, 1.807) is 7.11 Å². The van der Waals surface area contributed by atoms with Crippen molar-refractivity contribution in [3.63, 3.8) is 0 Å². The molecule has 0 amide bonds. The molecule has 0 aliphatic carbocycles. The molecule has 2 N–H and O–H groups in total. The maximum Gasteiger partial charge on any atom is 0.192 e. The van der Waals surface area contributed by atoms with Crippen molar-refractivity contribution in [3.8, 4) is 5.75 Å². The monoisotopic (exact) mass is 420 g/mol. The number of aliphatic imine (C=N–C) groups is 1. The highest BCUT2D eigenvalue weighted by Crippen LogP contribution is 2.19. The number of nitrogens with one attached hydrogen (secondary N) is 2. The van der Waals surface area contributed by atoms with Gasteiger partial charge in [0.15, 0.2) is 11.8 Å². The molecule has 0 aliphatic heterocycles. The molecule has 0 radical (unpaired) electrons. The van der Waals surface area contributed by atoms with Crippen LogP contribution in [0, 0.1) is 13.8 Å². The number of hydrogen-bond acceptors (Lipinski definition) is 4. The first-order chi connectivity index (χ1) is 15.0. The van der Waals surface area contributed by atoms with Gasteiger partial charge < -0.3 is 19.9 Å². The zero-order chi connectivity index (χ0) is 22.2. The predicted molar refractivity (Wildman–Crippen MR) is 124 cm³/mol. The zero-order valence-corrected chi connectivity index (χ0v) is 19.0. The van der Waals surface area contributed by atoms with Crippen molar-refractivity contribution in [1.29, 1.82) is 0 Å². The third-order valence-corrected chi connectivity index (χ3v) is 5.39. The van der Waals surface area contributed by atoms with Gasteiger partial charge in [0.1, 0.15) is 18.1 Å². The number of hydrogen-bond donors (Lipinski definition) is 2. The predicted octanol–water partition coefficient (Wildman–Crippen LogP) is 3.48. The van der Waals surface area contributed by atoms with Crippen LogP contribution in [0.2, 0.25) is 0 Å². The number of guanidine groups is 1. The summed E-state index contributed by atoms with van der Waals surface area (Å²) in [5.74, 6) is 3.36. The van der Waals surface area contributed by atoms with Gasteiger partial charge >= 0.3 is 0 Å². The van der Waals surface area contributed by atoms with E-state index in [2.05, 4.69) is 65.0 Å². The largest absolute Gasteiger partial charge is 0.496 e. The van der Waals surface area contributed by atoms with Gasteiger partial charge in [0.25, 0.3) is 0 Å². The van der Waals surface area contributed by atoms with Crippen LogP contribution in [0.25, 0.3) is 0 Å². The van der Waals surface area contributed by atoms with E-state index in [9.17, 15) is 0 Å². The Balaban J connectivity index is 1.68. The Morgan fingerprint density at radius 1 is 1.13 bits per heavy atom. The van der Waals surface area contributed by atoms with Crippen LogP contribution < -0.4 is 15.4 Å². The fraction of sp³-hybridized carbons (Fsp3) is 0.375. The summed E-state index contributed by atoms with van der Waals surface area (Å²) in [6, 6.07) is 16.8. The zero-order valence-electron chi connectivity index (χ0n) is 19.0. The van der Waals surface area contributed by atoms with Crippen molar-refractivity contribution in [2.75, 3.05) is 13.7 Å². The van der Waals surface area contributed by atoms with Gasteiger partial charge in [0.2, 0.25) is 0 Å². The number of aromatic nitrogens is 3. The summed E-state index contributed by atoms with van der Waals surface area (Å²) in [4.78, 5) is 4.76. The van der Waals surface area contributed by atoms with E-state index in [1.165, 1.54) is 11.1 Å². The first kappa shape index (κ1) is 22.3. The van der Waals surface area contributed by atoms with Crippen molar-refractivity contribution in [2.24, 2.45) is 12.0 Å². The van der Waals surface area contributed by atoms with E-state index in [0.29, 0.717) is 6.54 Å². The summed E-state index contributed by atoms with van der Waals surface area (Å²) in [6.45, 7) is 7.31.